The highest BCUT2D eigenvalue weighted by atomic mass is 32.1. The zero-order valence-electron chi connectivity index (χ0n) is 11.8. The van der Waals surface area contributed by atoms with Gasteiger partial charge in [-0.15, -0.1) is 11.3 Å². The first kappa shape index (κ1) is 14.1. The van der Waals surface area contributed by atoms with Crippen molar-refractivity contribution in [3.63, 3.8) is 0 Å². The lowest BCUT2D eigenvalue weighted by Crippen LogP contribution is -2.38. The van der Waals surface area contributed by atoms with E-state index in [4.69, 9.17) is 10.6 Å². The number of rotatable bonds is 6. The van der Waals surface area contributed by atoms with E-state index in [0.29, 0.717) is 0 Å². The molecule has 3 rings (SSSR count). The molecule has 6 heteroatoms. The van der Waals surface area contributed by atoms with Crippen LogP contribution in [-0.4, -0.2) is 22.5 Å². The Balaban J connectivity index is 1.74. The molecule has 2 aromatic heterocycles. The van der Waals surface area contributed by atoms with E-state index in [2.05, 4.69) is 22.7 Å². The number of hydrazine groups is 1. The number of fused-ring (bicyclic) bond motifs is 1. The average molecular weight is 302 g/mol. The van der Waals surface area contributed by atoms with E-state index in [1.54, 1.807) is 18.4 Å². The fourth-order valence-corrected chi connectivity index (χ4v) is 3.17. The van der Waals surface area contributed by atoms with Gasteiger partial charge in [0.15, 0.2) is 4.96 Å². The number of thiazole rings is 1. The number of hydrogen-bond acceptors (Lipinski definition) is 5. The van der Waals surface area contributed by atoms with Crippen LogP contribution in [0, 0.1) is 0 Å². The number of aromatic nitrogens is 2. The summed E-state index contributed by atoms with van der Waals surface area (Å²) in [4.78, 5) is 5.61. The highest BCUT2D eigenvalue weighted by Crippen LogP contribution is 2.20. The summed E-state index contributed by atoms with van der Waals surface area (Å²) >= 11 is 1.63. The van der Waals surface area contributed by atoms with Crippen LogP contribution in [0.2, 0.25) is 0 Å². The van der Waals surface area contributed by atoms with Crippen LogP contribution in [0.5, 0.6) is 5.75 Å². The number of imidazole rings is 1. The molecule has 0 saturated heterocycles. The van der Waals surface area contributed by atoms with Crippen LogP contribution in [0.3, 0.4) is 0 Å². The van der Waals surface area contributed by atoms with Crippen molar-refractivity contribution < 1.29 is 4.74 Å². The maximum Gasteiger partial charge on any atom is 0.193 e. The summed E-state index contributed by atoms with van der Waals surface area (Å²) in [6.45, 7) is 0. The minimum Gasteiger partial charge on any atom is -0.496 e. The zero-order chi connectivity index (χ0) is 14.7. The quantitative estimate of drug-likeness (QED) is 0.540. The lowest BCUT2D eigenvalue weighted by atomic mass is 10.0. The third kappa shape index (κ3) is 3.07. The third-order valence-corrected chi connectivity index (χ3v) is 4.26. The molecular weight excluding hydrogens is 284 g/mol. The Kier molecular flexibility index (Phi) is 4.19. The molecule has 1 unspecified atom stereocenters. The van der Waals surface area contributed by atoms with Crippen molar-refractivity contribution in [1.29, 1.82) is 0 Å². The number of nitrogens with zero attached hydrogens (tertiary/aromatic N) is 2. The zero-order valence-corrected chi connectivity index (χ0v) is 12.6. The van der Waals surface area contributed by atoms with Crippen LogP contribution in [0.1, 0.15) is 11.3 Å². The lowest BCUT2D eigenvalue weighted by molar-refractivity contribution is 0.404. The predicted octanol–water partition coefficient (Wildman–Crippen LogP) is 2.02. The molecule has 5 nitrogen and oxygen atoms in total. The third-order valence-electron chi connectivity index (χ3n) is 3.49. The van der Waals surface area contributed by atoms with Crippen molar-refractivity contribution in [1.82, 2.24) is 14.8 Å². The van der Waals surface area contributed by atoms with E-state index in [1.807, 2.05) is 34.2 Å². The topological polar surface area (TPSA) is 64.6 Å². The molecule has 0 radical (unpaired) electrons. The molecule has 0 fully saturated rings. The largest absolute Gasteiger partial charge is 0.496 e. The van der Waals surface area contributed by atoms with Gasteiger partial charge >= 0.3 is 0 Å². The minimum atomic E-state index is 0.117. The number of nitrogens with two attached hydrogens (primary N) is 1. The van der Waals surface area contributed by atoms with E-state index in [1.165, 1.54) is 0 Å². The van der Waals surface area contributed by atoms with Crippen LogP contribution in [-0.2, 0) is 12.8 Å². The van der Waals surface area contributed by atoms with Gasteiger partial charge in [-0.25, -0.2) is 4.98 Å². The van der Waals surface area contributed by atoms with Gasteiger partial charge in [0.2, 0.25) is 0 Å². The van der Waals surface area contributed by atoms with Crippen molar-refractivity contribution in [2.75, 3.05) is 7.11 Å². The van der Waals surface area contributed by atoms with Crippen molar-refractivity contribution >= 4 is 16.3 Å². The summed E-state index contributed by atoms with van der Waals surface area (Å²) in [5, 5.41) is 2.03. The number of ether oxygens (including phenoxy) is 1. The predicted molar refractivity (Wildman–Crippen MR) is 84.6 cm³/mol. The second-order valence-electron chi connectivity index (χ2n) is 4.91. The van der Waals surface area contributed by atoms with Gasteiger partial charge in [0.1, 0.15) is 5.75 Å². The molecule has 3 N–H and O–H groups in total. The number of para-hydroxylation sites is 1. The van der Waals surface area contributed by atoms with E-state index in [0.717, 1.165) is 34.8 Å². The van der Waals surface area contributed by atoms with Crippen LogP contribution < -0.4 is 16.0 Å². The van der Waals surface area contributed by atoms with Crippen LogP contribution in [0.25, 0.3) is 4.96 Å². The smallest absolute Gasteiger partial charge is 0.193 e. The van der Waals surface area contributed by atoms with Gasteiger partial charge in [-0.2, -0.15) is 0 Å². The standard InChI is InChI=1S/C15H18N4OS/c1-20-14-5-3-2-4-11(14)8-12(18-16)9-13-10-19-6-7-21-15(19)17-13/h2-7,10,12,18H,8-9,16H2,1H3. The Morgan fingerprint density at radius 1 is 1.38 bits per heavy atom. The normalized spacial score (nSPS) is 12.7. The highest BCUT2D eigenvalue weighted by molar-refractivity contribution is 7.15. The molecule has 0 aliphatic carbocycles. The Morgan fingerprint density at radius 2 is 2.24 bits per heavy atom. The summed E-state index contributed by atoms with van der Waals surface area (Å²) in [7, 11) is 1.69. The molecule has 0 saturated carbocycles. The number of nitrogens with one attached hydrogen (secondary N) is 1. The first-order chi connectivity index (χ1) is 10.3. The monoisotopic (exact) mass is 302 g/mol. The second kappa shape index (κ2) is 6.26. The second-order valence-corrected chi connectivity index (χ2v) is 5.78. The molecule has 110 valence electrons. The van der Waals surface area contributed by atoms with E-state index in [-0.39, 0.29) is 6.04 Å². The summed E-state index contributed by atoms with van der Waals surface area (Å²) in [6, 6.07) is 8.13. The summed E-state index contributed by atoms with van der Waals surface area (Å²) in [5.74, 6) is 6.60. The van der Waals surface area contributed by atoms with Crippen molar-refractivity contribution in [2.45, 2.75) is 18.9 Å². The molecule has 0 aliphatic heterocycles. The molecule has 21 heavy (non-hydrogen) atoms. The first-order valence-electron chi connectivity index (χ1n) is 6.79. The van der Waals surface area contributed by atoms with E-state index < -0.39 is 0 Å². The molecule has 0 bridgehead atoms. The highest BCUT2D eigenvalue weighted by Gasteiger charge is 2.14. The van der Waals surface area contributed by atoms with Crippen LogP contribution in [0.4, 0.5) is 0 Å². The molecule has 0 aliphatic rings. The van der Waals surface area contributed by atoms with Gasteiger partial charge in [0, 0.05) is 30.2 Å². The number of hydrogen-bond donors (Lipinski definition) is 2. The summed E-state index contributed by atoms with van der Waals surface area (Å²) in [6.07, 6.45) is 5.65. The summed E-state index contributed by atoms with van der Waals surface area (Å²) < 4.78 is 7.43. The number of benzene rings is 1. The Labute approximate surface area is 127 Å². The average Bonchev–Trinajstić information content (AvgIpc) is 3.08. The van der Waals surface area contributed by atoms with Gasteiger partial charge in [-0.3, -0.25) is 15.7 Å². The molecule has 0 spiro atoms. The number of methoxy groups -OCH3 is 1. The molecule has 2 heterocycles. The molecule has 1 aromatic carbocycles. The van der Waals surface area contributed by atoms with E-state index >= 15 is 0 Å². The van der Waals surface area contributed by atoms with Gasteiger partial charge < -0.3 is 4.74 Å². The Morgan fingerprint density at radius 3 is 3.00 bits per heavy atom. The van der Waals surface area contributed by atoms with Crippen LogP contribution in [0.15, 0.2) is 42.0 Å². The van der Waals surface area contributed by atoms with Crippen LogP contribution >= 0.6 is 11.3 Å². The van der Waals surface area contributed by atoms with Gasteiger partial charge in [-0.05, 0) is 18.1 Å². The lowest BCUT2D eigenvalue weighted by Gasteiger charge is -2.16. The van der Waals surface area contributed by atoms with Crippen molar-refractivity contribution in [3.05, 3.63) is 53.3 Å². The van der Waals surface area contributed by atoms with E-state index in [9.17, 15) is 0 Å². The Bertz CT molecular complexity index is 693. The molecule has 1 atom stereocenters. The first-order valence-corrected chi connectivity index (χ1v) is 7.67. The maximum atomic E-state index is 5.71. The Hall–Kier alpha value is -1.89. The summed E-state index contributed by atoms with van der Waals surface area (Å²) in [5.41, 5.74) is 5.07. The minimum absolute atomic E-state index is 0.117. The van der Waals surface area contributed by atoms with Crippen molar-refractivity contribution in [2.24, 2.45) is 5.84 Å². The van der Waals surface area contributed by atoms with Gasteiger partial charge in [0.25, 0.3) is 0 Å². The fourth-order valence-electron chi connectivity index (χ4n) is 2.45. The molecule has 3 aromatic rings. The van der Waals surface area contributed by atoms with Gasteiger partial charge in [0.05, 0.1) is 12.8 Å². The fraction of sp³-hybridized carbons (Fsp3) is 0.267. The SMILES string of the molecule is COc1ccccc1CC(Cc1cn2ccsc2n1)NN. The molecular formula is C15H18N4OS. The maximum absolute atomic E-state index is 5.71. The molecule has 0 amide bonds. The van der Waals surface area contributed by atoms with Crippen molar-refractivity contribution in [3.8, 4) is 5.75 Å². The van der Waals surface area contributed by atoms with Gasteiger partial charge in [-0.1, -0.05) is 18.2 Å².